The number of aryl methyl sites for hydroxylation is 1. The minimum Gasteiger partial charge on any atom is -1.00 e. The van der Waals surface area contributed by atoms with E-state index in [2.05, 4.69) is 0 Å². The van der Waals surface area contributed by atoms with Crippen LogP contribution in [0.2, 0.25) is 0 Å². The van der Waals surface area contributed by atoms with E-state index >= 15 is 0 Å². The lowest BCUT2D eigenvalue weighted by atomic mass is 10.0. The molecule has 6 nitrogen and oxygen atoms in total. The number of carbonyl (C=O) groups is 2. The SMILES string of the molecule is C[n+]1ccn(C(=O)N2C[C@H](N3CCCC3=O)CC(F)(F)C2)c1.[I-]. The Morgan fingerprint density at radius 2 is 2.17 bits per heavy atom. The Kier molecular flexibility index (Phi) is 5.27. The molecule has 0 aliphatic carbocycles. The topological polar surface area (TPSA) is 49.4 Å². The van der Waals surface area contributed by atoms with Gasteiger partial charge in [0, 0.05) is 25.9 Å². The molecule has 2 aliphatic rings. The molecule has 2 aliphatic heterocycles. The Morgan fingerprint density at radius 1 is 1.43 bits per heavy atom. The Bertz CT molecular complexity index is 607. The summed E-state index contributed by atoms with van der Waals surface area (Å²) in [6.45, 7) is 0.0500. The minimum absolute atomic E-state index is 0. The third-order valence-corrected chi connectivity index (χ3v) is 4.20. The van der Waals surface area contributed by atoms with E-state index in [0.29, 0.717) is 19.4 Å². The van der Waals surface area contributed by atoms with Crippen molar-refractivity contribution >= 4 is 11.9 Å². The van der Waals surface area contributed by atoms with Gasteiger partial charge >= 0.3 is 6.03 Å². The number of imidazole rings is 1. The van der Waals surface area contributed by atoms with E-state index in [4.69, 9.17) is 0 Å². The summed E-state index contributed by atoms with van der Waals surface area (Å²) in [6.07, 6.45) is 5.46. The first kappa shape index (κ1) is 18.1. The second-order valence-corrected chi connectivity index (χ2v) is 6.05. The maximum atomic E-state index is 14.0. The van der Waals surface area contributed by atoms with Gasteiger partial charge in [0.15, 0.2) is 0 Å². The van der Waals surface area contributed by atoms with E-state index in [-0.39, 0.29) is 42.8 Å². The molecule has 1 aromatic heterocycles. The first-order valence-corrected chi connectivity index (χ1v) is 7.35. The highest BCUT2D eigenvalue weighted by molar-refractivity contribution is 5.79. The molecule has 2 amide bonds. The van der Waals surface area contributed by atoms with Crippen LogP contribution in [0.15, 0.2) is 18.7 Å². The summed E-state index contributed by atoms with van der Waals surface area (Å²) in [6, 6.07) is -1.09. The number of hydrogen-bond acceptors (Lipinski definition) is 2. The fourth-order valence-electron chi connectivity index (χ4n) is 3.21. The van der Waals surface area contributed by atoms with Crippen LogP contribution < -0.4 is 28.5 Å². The van der Waals surface area contributed by atoms with Crippen LogP contribution in [-0.2, 0) is 11.8 Å². The molecule has 128 valence electrons. The summed E-state index contributed by atoms with van der Waals surface area (Å²) < 4.78 is 31.0. The number of amides is 2. The van der Waals surface area contributed by atoms with Gasteiger partial charge in [-0.1, -0.05) is 0 Å². The van der Waals surface area contributed by atoms with Crippen LogP contribution in [0.5, 0.6) is 0 Å². The number of aromatic nitrogens is 2. The summed E-state index contributed by atoms with van der Waals surface area (Å²) in [7, 11) is 1.75. The second kappa shape index (κ2) is 6.70. The van der Waals surface area contributed by atoms with E-state index in [1.807, 2.05) is 0 Å². The molecule has 0 aromatic carbocycles. The molecule has 1 aromatic rings. The van der Waals surface area contributed by atoms with E-state index < -0.39 is 24.5 Å². The third-order valence-electron chi connectivity index (χ3n) is 4.20. The molecular weight excluding hydrogens is 421 g/mol. The normalized spacial score (nSPS) is 23.8. The van der Waals surface area contributed by atoms with Gasteiger partial charge in [-0.2, -0.15) is 4.57 Å². The van der Waals surface area contributed by atoms with Crippen molar-refractivity contribution in [3.63, 3.8) is 0 Å². The summed E-state index contributed by atoms with van der Waals surface area (Å²) in [5.74, 6) is -3.07. The highest BCUT2D eigenvalue weighted by Crippen LogP contribution is 2.31. The van der Waals surface area contributed by atoms with Crippen molar-refractivity contribution in [2.75, 3.05) is 19.6 Å². The first-order valence-electron chi connectivity index (χ1n) is 7.35. The Balaban J connectivity index is 0.00000192. The van der Waals surface area contributed by atoms with Crippen molar-refractivity contribution in [3.05, 3.63) is 18.7 Å². The molecule has 3 rings (SSSR count). The molecule has 0 spiro atoms. The summed E-state index contributed by atoms with van der Waals surface area (Å²) in [4.78, 5) is 26.8. The van der Waals surface area contributed by atoms with Crippen LogP contribution in [-0.4, -0.2) is 57.9 Å². The standard InChI is InChI=1S/C14H19F2N4O2.HI/c1-17-5-6-18(10-17)13(22)19-8-11(7-14(15,16)9-19)20-4-2-3-12(20)21;/h5-6,10-11H,2-4,7-9H2,1H3;1H/q+1;/p-1/t11-;/m1./s1. The van der Waals surface area contributed by atoms with Gasteiger partial charge in [0.1, 0.15) is 12.4 Å². The van der Waals surface area contributed by atoms with Gasteiger partial charge in [-0.25, -0.2) is 18.1 Å². The zero-order valence-corrected chi connectivity index (χ0v) is 14.9. The maximum Gasteiger partial charge on any atom is 0.416 e. The van der Waals surface area contributed by atoms with Crippen molar-refractivity contribution in [3.8, 4) is 0 Å². The third kappa shape index (κ3) is 3.81. The highest BCUT2D eigenvalue weighted by atomic mass is 127. The number of carbonyl (C=O) groups excluding carboxylic acids is 2. The van der Waals surface area contributed by atoms with Gasteiger partial charge in [0.2, 0.25) is 5.91 Å². The molecule has 0 saturated carbocycles. The van der Waals surface area contributed by atoms with Gasteiger partial charge in [-0.3, -0.25) is 9.69 Å². The highest BCUT2D eigenvalue weighted by Gasteiger charge is 2.46. The number of halogens is 3. The predicted octanol–water partition coefficient (Wildman–Crippen LogP) is -2.38. The van der Waals surface area contributed by atoms with E-state index in [9.17, 15) is 18.4 Å². The Hall–Kier alpha value is -1.26. The molecule has 0 N–H and O–H groups in total. The molecule has 23 heavy (non-hydrogen) atoms. The fourth-order valence-corrected chi connectivity index (χ4v) is 3.21. The van der Waals surface area contributed by atoms with Crippen molar-refractivity contribution in [1.82, 2.24) is 14.4 Å². The van der Waals surface area contributed by atoms with Gasteiger partial charge in [0.25, 0.3) is 12.2 Å². The van der Waals surface area contributed by atoms with Gasteiger partial charge < -0.3 is 28.9 Å². The Labute approximate surface area is 150 Å². The van der Waals surface area contributed by atoms with E-state index in [0.717, 1.165) is 4.90 Å². The number of hydrogen-bond donors (Lipinski definition) is 0. The van der Waals surface area contributed by atoms with Gasteiger partial charge in [-0.05, 0) is 6.42 Å². The van der Waals surface area contributed by atoms with Gasteiger partial charge in [-0.15, -0.1) is 0 Å². The predicted molar refractivity (Wildman–Crippen MR) is 72.3 cm³/mol. The maximum absolute atomic E-state index is 14.0. The molecule has 0 radical (unpaired) electrons. The zero-order valence-electron chi connectivity index (χ0n) is 12.8. The van der Waals surface area contributed by atoms with Crippen LogP contribution >= 0.6 is 0 Å². The van der Waals surface area contributed by atoms with Crippen molar-refractivity contribution in [2.45, 2.75) is 31.2 Å². The number of rotatable bonds is 1. The van der Waals surface area contributed by atoms with Crippen molar-refractivity contribution < 1.29 is 46.9 Å². The smallest absolute Gasteiger partial charge is 0.416 e. The van der Waals surface area contributed by atoms with Gasteiger partial charge in [0.05, 0.1) is 19.6 Å². The summed E-state index contributed by atoms with van der Waals surface area (Å²) >= 11 is 0. The fraction of sp³-hybridized carbons (Fsp3) is 0.643. The monoisotopic (exact) mass is 440 g/mol. The number of piperidine rings is 1. The molecular formula is C14H19F2IN4O2. The lowest BCUT2D eigenvalue weighted by Gasteiger charge is -2.40. The lowest BCUT2D eigenvalue weighted by molar-refractivity contribution is -0.670. The zero-order chi connectivity index (χ0) is 15.9. The Morgan fingerprint density at radius 3 is 2.74 bits per heavy atom. The second-order valence-electron chi connectivity index (χ2n) is 6.05. The largest absolute Gasteiger partial charge is 1.00 e. The van der Waals surface area contributed by atoms with Crippen molar-refractivity contribution in [2.24, 2.45) is 7.05 Å². The molecule has 3 heterocycles. The summed E-state index contributed by atoms with van der Waals surface area (Å²) in [5, 5.41) is 0. The van der Waals surface area contributed by atoms with Crippen molar-refractivity contribution in [1.29, 1.82) is 0 Å². The van der Waals surface area contributed by atoms with Crippen LogP contribution in [0, 0.1) is 0 Å². The average Bonchev–Trinajstić information content (AvgIpc) is 3.04. The quantitative estimate of drug-likeness (QED) is 0.362. The summed E-state index contributed by atoms with van der Waals surface area (Å²) in [5.41, 5.74) is 0. The molecule has 2 saturated heterocycles. The van der Waals surface area contributed by atoms with Crippen LogP contribution in [0.4, 0.5) is 13.6 Å². The molecule has 2 fully saturated rings. The van der Waals surface area contributed by atoms with Crippen LogP contribution in [0.25, 0.3) is 0 Å². The van der Waals surface area contributed by atoms with E-state index in [1.165, 1.54) is 22.0 Å². The molecule has 1 atom stereocenters. The molecule has 0 bridgehead atoms. The first-order chi connectivity index (χ1) is 10.4. The number of alkyl halides is 2. The minimum atomic E-state index is -2.98. The number of nitrogens with zero attached hydrogens (tertiary/aromatic N) is 4. The van der Waals surface area contributed by atoms with Crippen LogP contribution in [0.3, 0.4) is 0 Å². The molecule has 9 heteroatoms. The van der Waals surface area contributed by atoms with E-state index in [1.54, 1.807) is 17.8 Å². The number of likely N-dealkylation sites (tertiary alicyclic amines) is 2. The lowest BCUT2D eigenvalue weighted by Crippen LogP contribution is -3.00. The molecule has 0 unspecified atom stereocenters. The van der Waals surface area contributed by atoms with Crippen LogP contribution in [0.1, 0.15) is 19.3 Å². The average molecular weight is 440 g/mol.